The fourth-order valence-corrected chi connectivity index (χ4v) is 3.04. The van der Waals surface area contributed by atoms with Crippen molar-refractivity contribution in [2.75, 3.05) is 12.4 Å². The van der Waals surface area contributed by atoms with Gasteiger partial charge >= 0.3 is 0 Å². The lowest BCUT2D eigenvalue weighted by Gasteiger charge is -2.09. The van der Waals surface area contributed by atoms with Gasteiger partial charge < -0.3 is 15.0 Å². The summed E-state index contributed by atoms with van der Waals surface area (Å²) in [7, 11) is 1.53. The predicted octanol–water partition coefficient (Wildman–Crippen LogP) is 3.49. The zero-order chi connectivity index (χ0) is 18.0. The van der Waals surface area contributed by atoms with Crippen molar-refractivity contribution in [3.8, 4) is 0 Å². The number of anilines is 1. The van der Waals surface area contributed by atoms with Gasteiger partial charge in [0.25, 0.3) is 11.8 Å². The topological polar surface area (TPSA) is 75.5 Å². The maximum atomic E-state index is 12.7. The van der Waals surface area contributed by atoms with Crippen LogP contribution in [0.1, 0.15) is 26.5 Å². The summed E-state index contributed by atoms with van der Waals surface area (Å²) in [6.45, 7) is 0. The van der Waals surface area contributed by atoms with Gasteiger partial charge in [-0.3, -0.25) is 9.59 Å². The van der Waals surface area contributed by atoms with Crippen molar-refractivity contribution in [2.24, 2.45) is 0 Å². The normalized spacial score (nSPS) is 10.7. The van der Waals surface area contributed by atoms with Gasteiger partial charge in [-0.05, 0) is 24.3 Å². The molecule has 0 aliphatic carbocycles. The van der Waals surface area contributed by atoms with Crippen LogP contribution in [0.5, 0.6) is 0 Å². The fourth-order valence-electron chi connectivity index (χ4n) is 2.42. The first-order valence-electron chi connectivity index (χ1n) is 7.40. The number of halogens is 2. The van der Waals surface area contributed by atoms with Crippen LogP contribution in [-0.2, 0) is 5.33 Å². The van der Waals surface area contributed by atoms with Gasteiger partial charge in [0.1, 0.15) is 5.69 Å². The highest BCUT2D eigenvalue weighted by Crippen LogP contribution is 2.23. The van der Waals surface area contributed by atoms with E-state index < -0.39 is 0 Å². The van der Waals surface area contributed by atoms with E-state index in [4.69, 9.17) is 11.6 Å². The van der Waals surface area contributed by atoms with Gasteiger partial charge in [-0.15, -0.1) is 0 Å². The number of hydrogen-bond donors (Lipinski definition) is 2. The molecular weight excluding hydrogens is 408 g/mol. The first kappa shape index (κ1) is 17.4. The van der Waals surface area contributed by atoms with Gasteiger partial charge in [0.05, 0.1) is 16.3 Å². The Bertz CT molecular complexity index is 970. The molecule has 0 aliphatic rings. The maximum Gasteiger partial charge on any atom is 0.269 e. The van der Waals surface area contributed by atoms with Crippen LogP contribution in [0, 0.1) is 0 Å². The molecule has 3 aromatic rings. The number of hydrogen-bond acceptors (Lipinski definition) is 3. The molecule has 0 bridgehead atoms. The third-order valence-electron chi connectivity index (χ3n) is 3.66. The molecule has 3 rings (SSSR count). The third kappa shape index (κ3) is 3.38. The van der Waals surface area contributed by atoms with Crippen LogP contribution in [0.25, 0.3) is 5.65 Å². The minimum absolute atomic E-state index is 0.245. The predicted molar refractivity (Wildman–Crippen MR) is 101 cm³/mol. The summed E-state index contributed by atoms with van der Waals surface area (Å²) in [5.74, 6) is -0.666. The number of nitrogens with zero attached hydrogens (tertiary/aromatic N) is 2. The van der Waals surface area contributed by atoms with Crippen molar-refractivity contribution in [1.82, 2.24) is 14.7 Å². The van der Waals surface area contributed by atoms with E-state index in [1.165, 1.54) is 7.05 Å². The van der Waals surface area contributed by atoms with Crippen LogP contribution in [-0.4, -0.2) is 28.2 Å². The third-order valence-corrected chi connectivity index (χ3v) is 4.57. The van der Waals surface area contributed by atoms with Gasteiger partial charge in [-0.1, -0.05) is 39.7 Å². The van der Waals surface area contributed by atoms with Crippen LogP contribution >= 0.6 is 27.5 Å². The number of nitrogens with one attached hydrogen (secondary N) is 2. The van der Waals surface area contributed by atoms with E-state index in [-0.39, 0.29) is 17.5 Å². The molecule has 25 heavy (non-hydrogen) atoms. The summed E-state index contributed by atoms with van der Waals surface area (Å²) < 4.78 is 1.77. The molecule has 6 nitrogen and oxygen atoms in total. The number of amides is 2. The van der Waals surface area contributed by atoms with E-state index in [1.54, 1.807) is 47.0 Å². The molecule has 0 saturated carbocycles. The maximum absolute atomic E-state index is 12.7. The lowest BCUT2D eigenvalue weighted by atomic mass is 10.2. The molecule has 2 amide bonds. The Morgan fingerprint density at radius 1 is 1.24 bits per heavy atom. The van der Waals surface area contributed by atoms with E-state index in [9.17, 15) is 9.59 Å². The largest absolute Gasteiger partial charge is 0.354 e. The summed E-state index contributed by atoms with van der Waals surface area (Å²) in [5, 5.41) is 6.26. The second-order valence-corrected chi connectivity index (χ2v) is 6.17. The molecule has 1 aromatic carbocycles. The minimum Gasteiger partial charge on any atom is -0.354 e. The van der Waals surface area contributed by atoms with Crippen molar-refractivity contribution in [2.45, 2.75) is 5.33 Å². The monoisotopic (exact) mass is 420 g/mol. The van der Waals surface area contributed by atoms with Crippen LogP contribution in [0.3, 0.4) is 0 Å². The molecule has 2 N–H and O–H groups in total. The number of fused-ring (bicyclic) bond motifs is 1. The summed E-state index contributed by atoms with van der Waals surface area (Å²) in [5.41, 5.74) is 2.32. The Morgan fingerprint density at radius 3 is 2.68 bits per heavy atom. The molecular formula is C17H14BrClN4O2. The summed E-state index contributed by atoms with van der Waals surface area (Å²) in [6.07, 6.45) is 1.74. The molecule has 2 heterocycles. The number of rotatable bonds is 4. The molecule has 0 atom stereocenters. The zero-order valence-electron chi connectivity index (χ0n) is 13.2. The second-order valence-electron chi connectivity index (χ2n) is 5.20. The van der Waals surface area contributed by atoms with E-state index in [2.05, 4.69) is 31.5 Å². The first-order valence-corrected chi connectivity index (χ1v) is 8.90. The number of benzene rings is 1. The van der Waals surface area contributed by atoms with E-state index in [0.29, 0.717) is 27.3 Å². The van der Waals surface area contributed by atoms with E-state index in [0.717, 1.165) is 5.69 Å². The average Bonchev–Trinajstić information content (AvgIpc) is 3.06. The smallest absolute Gasteiger partial charge is 0.269 e. The summed E-state index contributed by atoms with van der Waals surface area (Å²) >= 11 is 9.48. The van der Waals surface area contributed by atoms with Crippen molar-refractivity contribution in [3.05, 3.63) is 64.6 Å². The number of carbonyl (C=O) groups excluding carboxylic acids is 2. The molecule has 8 heteroatoms. The highest BCUT2D eigenvalue weighted by Gasteiger charge is 2.18. The number of alkyl halides is 1. The van der Waals surface area contributed by atoms with E-state index >= 15 is 0 Å². The highest BCUT2D eigenvalue weighted by molar-refractivity contribution is 9.08. The van der Waals surface area contributed by atoms with Crippen LogP contribution in [0.15, 0.2) is 42.6 Å². The number of carbonyl (C=O) groups is 2. The van der Waals surface area contributed by atoms with Gasteiger partial charge in [-0.2, -0.15) is 0 Å². The van der Waals surface area contributed by atoms with Gasteiger partial charge in [-0.25, -0.2) is 4.98 Å². The van der Waals surface area contributed by atoms with Gasteiger partial charge in [0, 0.05) is 24.3 Å². The van der Waals surface area contributed by atoms with E-state index in [1.807, 2.05) is 0 Å². The molecule has 2 aromatic heterocycles. The molecule has 0 fully saturated rings. The number of para-hydroxylation sites is 1. The van der Waals surface area contributed by atoms with Gasteiger partial charge in [0.2, 0.25) is 0 Å². The molecule has 128 valence electrons. The molecule has 0 unspecified atom stereocenters. The van der Waals surface area contributed by atoms with Crippen molar-refractivity contribution < 1.29 is 9.59 Å². The van der Waals surface area contributed by atoms with Crippen LogP contribution in [0.2, 0.25) is 5.02 Å². The molecule has 0 spiro atoms. The van der Waals surface area contributed by atoms with Crippen molar-refractivity contribution in [3.63, 3.8) is 0 Å². The zero-order valence-corrected chi connectivity index (χ0v) is 15.6. The highest BCUT2D eigenvalue weighted by atomic mass is 79.9. The van der Waals surface area contributed by atoms with Crippen molar-refractivity contribution in [1.29, 1.82) is 0 Å². The second kappa shape index (κ2) is 7.25. The lowest BCUT2D eigenvalue weighted by molar-refractivity contribution is 0.0956. The lowest BCUT2D eigenvalue weighted by Crippen LogP contribution is -2.21. The fraction of sp³-hybridized carbons (Fsp3) is 0.118. The van der Waals surface area contributed by atoms with Crippen LogP contribution < -0.4 is 10.6 Å². The Morgan fingerprint density at radius 2 is 2.00 bits per heavy atom. The average molecular weight is 422 g/mol. The minimum atomic E-state index is -0.349. The Labute approximate surface area is 157 Å². The first-order chi connectivity index (χ1) is 12.0. The quantitative estimate of drug-likeness (QED) is 0.633. The van der Waals surface area contributed by atoms with Crippen molar-refractivity contribution >= 4 is 50.7 Å². The number of aromatic nitrogens is 2. The molecule has 0 saturated heterocycles. The molecule has 0 radical (unpaired) electrons. The van der Waals surface area contributed by atoms with Gasteiger partial charge in [0.15, 0.2) is 5.65 Å². The SMILES string of the molecule is CNC(=O)c1cc(CBr)n2ccc(C(=O)Nc3ccccc3Cl)c2n1. The van der Waals surface area contributed by atoms with Crippen LogP contribution in [0.4, 0.5) is 5.69 Å². The molecule has 0 aliphatic heterocycles. The Kier molecular flexibility index (Phi) is 5.06. The Hall–Kier alpha value is -2.38. The summed E-state index contributed by atoms with van der Waals surface area (Å²) in [4.78, 5) is 28.9. The standard InChI is InChI=1S/C17H14BrClN4O2/c1-20-17(25)14-8-10(9-18)23-7-6-11(15(23)21-14)16(24)22-13-5-3-2-4-12(13)19/h2-8H,9H2,1H3,(H,20,25)(H,22,24). The summed E-state index contributed by atoms with van der Waals surface area (Å²) in [6, 6.07) is 10.3. The Balaban J connectivity index is 2.05.